The lowest BCUT2D eigenvalue weighted by atomic mass is 9.96. The summed E-state index contributed by atoms with van der Waals surface area (Å²) < 4.78 is 5.87. The molecule has 0 radical (unpaired) electrons. The lowest BCUT2D eigenvalue weighted by molar-refractivity contribution is 0.102. The third-order valence-electron chi connectivity index (χ3n) is 3.98. The van der Waals surface area contributed by atoms with Crippen LogP contribution in [0.4, 0.5) is 17.8 Å². The number of aromatic nitrogens is 3. The van der Waals surface area contributed by atoms with Crippen LogP contribution >= 0.6 is 0 Å². The molecule has 3 unspecified atom stereocenters. The van der Waals surface area contributed by atoms with Gasteiger partial charge in [0.25, 0.3) is 0 Å². The zero-order valence-corrected chi connectivity index (χ0v) is 13.0. The molecule has 3 heterocycles. The van der Waals surface area contributed by atoms with Crippen LogP contribution in [0.15, 0.2) is 0 Å². The summed E-state index contributed by atoms with van der Waals surface area (Å²) in [6.07, 6.45) is 5.13. The Hall–Kier alpha value is -1.63. The molecule has 0 spiro atoms. The number of ether oxygens (including phenoxy) is 1. The normalized spacial score (nSPS) is 26.9. The van der Waals surface area contributed by atoms with Crippen molar-refractivity contribution < 1.29 is 4.74 Å². The Labute approximate surface area is 125 Å². The van der Waals surface area contributed by atoms with Gasteiger partial charge < -0.3 is 20.3 Å². The molecule has 0 aliphatic carbocycles. The van der Waals surface area contributed by atoms with Gasteiger partial charge in [0, 0.05) is 20.6 Å². The molecule has 3 rings (SSSR count). The fourth-order valence-corrected chi connectivity index (χ4v) is 2.90. The van der Waals surface area contributed by atoms with Gasteiger partial charge in [-0.25, -0.2) is 0 Å². The Morgan fingerprint density at radius 3 is 2.62 bits per heavy atom. The second-order valence-electron chi connectivity index (χ2n) is 5.96. The summed E-state index contributed by atoms with van der Waals surface area (Å²) in [5, 5.41) is 6.66. The van der Waals surface area contributed by atoms with E-state index in [1.165, 1.54) is 6.42 Å². The van der Waals surface area contributed by atoms with Gasteiger partial charge in [0.2, 0.25) is 17.8 Å². The molecule has 3 atom stereocenters. The molecule has 0 saturated carbocycles. The molecule has 0 aromatic carbocycles. The number of hydrogen-bond donors (Lipinski definition) is 2. The summed E-state index contributed by atoms with van der Waals surface area (Å²) >= 11 is 0. The molecule has 2 saturated heterocycles. The van der Waals surface area contributed by atoms with Crippen molar-refractivity contribution in [1.29, 1.82) is 0 Å². The molecule has 2 fully saturated rings. The van der Waals surface area contributed by atoms with E-state index in [2.05, 4.69) is 32.5 Å². The van der Waals surface area contributed by atoms with Gasteiger partial charge in [-0.1, -0.05) is 6.92 Å². The summed E-state index contributed by atoms with van der Waals surface area (Å²) in [5.41, 5.74) is 0. The van der Waals surface area contributed by atoms with Crippen LogP contribution < -0.4 is 15.5 Å². The van der Waals surface area contributed by atoms with Gasteiger partial charge >= 0.3 is 0 Å². The highest BCUT2D eigenvalue weighted by Crippen LogP contribution is 2.35. The van der Waals surface area contributed by atoms with Gasteiger partial charge in [-0.3, -0.25) is 0 Å². The predicted octanol–water partition coefficient (Wildman–Crippen LogP) is 1.49. The summed E-state index contributed by atoms with van der Waals surface area (Å²) in [6, 6.07) is 0.320. The van der Waals surface area contributed by atoms with E-state index in [1.54, 1.807) is 0 Å². The van der Waals surface area contributed by atoms with Crippen molar-refractivity contribution in [3.63, 3.8) is 0 Å². The predicted molar refractivity (Wildman–Crippen MR) is 82.9 cm³/mol. The van der Waals surface area contributed by atoms with Gasteiger partial charge in [-0.15, -0.1) is 0 Å². The lowest BCUT2D eigenvalue weighted by Crippen LogP contribution is -2.31. The standard InChI is InChI=1S/C14H24N6O/c1-4-7-15-12-17-13(19-14(18-12)20(2)3)16-10-8-9-5-6-11(10)21-9/h9-11H,4-8H2,1-3H3,(H2,15,16,17,18,19). The fourth-order valence-electron chi connectivity index (χ4n) is 2.90. The Morgan fingerprint density at radius 2 is 2.00 bits per heavy atom. The van der Waals surface area contributed by atoms with Crippen molar-refractivity contribution in [2.75, 3.05) is 36.2 Å². The Kier molecular flexibility index (Phi) is 4.10. The van der Waals surface area contributed by atoms with Gasteiger partial charge in [0.15, 0.2) is 0 Å². The van der Waals surface area contributed by atoms with E-state index in [4.69, 9.17) is 4.74 Å². The Morgan fingerprint density at radius 1 is 1.19 bits per heavy atom. The third kappa shape index (κ3) is 3.18. The highest BCUT2D eigenvalue weighted by Gasteiger charge is 2.41. The van der Waals surface area contributed by atoms with Crippen molar-refractivity contribution in [2.24, 2.45) is 0 Å². The second-order valence-corrected chi connectivity index (χ2v) is 5.96. The van der Waals surface area contributed by atoms with E-state index >= 15 is 0 Å². The molecule has 2 aliphatic heterocycles. The zero-order chi connectivity index (χ0) is 14.8. The maximum atomic E-state index is 5.87. The molecule has 0 amide bonds. The SMILES string of the molecule is CCCNc1nc(NC2CC3CCC2O3)nc(N(C)C)n1. The number of nitrogens with zero attached hydrogens (tertiary/aromatic N) is 4. The number of fused-ring (bicyclic) bond motifs is 2. The molecule has 21 heavy (non-hydrogen) atoms. The lowest BCUT2D eigenvalue weighted by Gasteiger charge is -2.21. The van der Waals surface area contributed by atoms with Crippen LogP contribution in [0.3, 0.4) is 0 Å². The van der Waals surface area contributed by atoms with E-state index in [1.807, 2.05) is 19.0 Å². The molecular weight excluding hydrogens is 268 g/mol. The summed E-state index contributed by atoms with van der Waals surface area (Å²) in [5.74, 6) is 1.92. The second kappa shape index (κ2) is 6.01. The van der Waals surface area contributed by atoms with Crippen LogP contribution in [0.5, 0.6) is 0 Å². The van der Waals surface area contributed by atoms with E-state index in [9.17, 15) is 0 Å². The molecule has 1 aromatic heterocycles. The van der Waals surface area contributed by atoms with Crippen LogP contribution in [0, 0.1) is 0 Å². The quantitative estimate of drug-likeness (QED) is 0.822. The van der Waals surface area contributed by atoms with E-state index in [0.717, 1.165) is 25.8 Å². The zero-order valence-electron chi connectivity index (χ0n) is 13.0. The summed E-state index contributed by atoms with van der Waals surface area (Å²) in [7, 11) is 3.87. The van der Waals surface area contributed by atoms with Crippen LogP contribution in [0.2, 0.25) is 0 Å². The fraction of sp³-hybridized carbons (Fsp3) is 0.786. The minimum atomic E-state index is 0.307. The molecule has 7 heteroatoms. The maximum absolute atomic E-state index is 5.87. The van der Waals surface area contributed by atoms with Gasteiger partial charge in [0.1, 0.15) is 0 Å². The van der Waals surface area contributed by atoms with E-state index < -0.39 is 0 Å². The molecule has 2 N–H and O–H groups in total. The van der Waals surface area contributed by atoms with Crippen LogP contribution in [0.25, 0.3) is 0 Å². The molecule has 2 bridgehead atoms. The van der Waals surface area contributed by atoms with Crippen molar-refractivity contribution >= 4 is 17.8 Å². The topological polar surface area (TPSA) is 75.2 Å². The third-order valence-corrected chi connectivity index (χ3v) is 3.98. The molecule has 1 aromatic rings. The average molecular weight is 292 g/mol. The van der Waals surface area contributed by atoms with Gasteiger partial charge in [-0.2, -0.15) is 15.0 Å². The molecule has 116 valence electrons. The molecule has 2 aliphatic rings. The van der Waals surface area contributed by atoms with E-state index in [-0.39, 0.29) is 0 Å². The number of nitrogens with one attached hydrogen (secondary N) is 2. The van der Waals surface area contributed by atoms with Crippen molar-refractivity contribution in [3.8, 4) is 0 Å². The van der Waals surface area contributed by atoms with Gasteiger partial charge in [-0.05, 0) is 25.7 Å². The Bertz CT molecular complexity index is 494. The van der Waals surface area contributed by atoms with Crippen LogP contribution in [-0.2, 0) is 4.74 Å². The number of rotatable bonds is 6. The average Bonchev–Trinajstić information content (AvgIpc) is 3.07. The highest BCUT2D eigenvalue weighted by atomic mass is 16.5. The number of anilines is 3. The van der Waals surface area contributed by atoms with Crippen molar-refractivity contribution in [1.82, 2.24) is 15.0 Å². The van der Waals surface area contributed by atoms with Gasteiger partial charge in [0.05, 0.1) is 18.2 Å². The summed E-state index contributed by atoms with van der Waals surface area (Å²) in [4.78, 5) is 15.3. The Balaban J connectivity index is 1.75. The molecule has 7 nitrogen and oxygen atoms in total. The minimum Gasteiger partial charge on any atom is -0.373 e. The van der Waals surface area contributed by atoms with E-state index in [0.29, 0.717) is 36.1 Å². The first-order valence-electron chi connectivity index (χ1n) is 7.75. The first kappa shape index (κ1) is 14.3. The highest BCUT2D eigenvalue weighted by molar-refractivity contribution is 5.43. The van der Waals surface area contributed by atoms with Crippen molar-refractivity contribution in [2.45, 2.75) is 50.9 Å². The maximum Gasteiger partial charge on any atom is 0.231 e. The monoisotopic (exact) mass is 292 g/mol. The molecular formula is C14H24N6O. The van der Waals surface area contributed by atoms with Crippen LogP contribution in [0.1, 0.15) is 32.6 Å². The minimum absolute atomic E-state index is 0.307. The van der Waals surface area contributed by atoms with Crippen LogP contribution in [-0.4, -0.2) is 53.8 Å². The summed E-state index contributed by atoms with van der Waals surface area (Å²) in [6.45, 7) is 2.97. The smallest absolute Gasteiger partial charge is 0.231 e. The first-order chi connectivity index (χ1) is 10.2. The number of hydrogen-bond acceptors (Lipinski definition) is 7. The largest absolute Gasteiger partial charge is 0.373 e. The first-order valence-corrected chi connectivity index (χ1v) is 7.75. The van der Waals surface area contributed by atoms with Crippen molar-refractivity contribution in [3.05, 3.63) is 0 Å².